The second-order valence-electron chi connectivity index (χ2n) is 6.34. The van der Waals surface area contributed by atoms with E-state index < -0.39 is 0 Å². The van der Waals surface area contributed by atoms with Crippen molar-refractivity contribution in [1.29, 1.82) is 0 Å². The van der Waals surface area contributed by atoms with E-state index >= 15 is 0 Å². The van der Waals surface area contributed by atoms with E-state index in [1.54, 1.807) is 13.0 Å². The third-order valence-electron chi connectivity index (χ3n) is 4.37. The van der Waals surface area contributed by atoms with Crippen molar-refractivity contribution >= 4 is 23.3 Å². The minimum atomic E-state index is -0.00630. The van der Waals surface area contributed by atoms with Gasteiger partial charge in [-0.3, -0.25) is 4.79 Å². The fourth-order valence-corrected chi connectivity index (χ4v) is 3.23. The van der Waals surface area contributed by atoms with Crippen molar-refractivity contribution in [3.05, 3.63) is 52.4 Å². The molecule has 1 aliphatic rings. The van der Waals surface area contributed by atoms with Gasteiger partial charge in [-0.25, -0.2) is 9.97 Å². The van der Waals surface area contributed by atoms with Gasteiger partial charge in [0.2, 0.25) is 0 Å². The summed E-state index contributed by atoms with van der Waals surface area (Å²) >= 11 is 6.19. The Labute approximate surface area is 153 Å². The van der Waals surface area contributed by atoms with Crippen molar-refractivity contribution < 1.29 is 4.79 Å². The van der Waals surface area contributed by atoms with Crippen molar-refractivity contribution in [3.8, 4) is 0 Å². The zero-order valence-electron chi connectivity index (χ0n) is 14.5. The summed E-state index contributed by atoms with van der Waals surface area (Å²) in [5.41, 5.74) is 1.44. The van der Waals surface area contributed by atoms with Crippen LogP contribution in [0.5, 0.6) is 0 Å². The number of aryl methyl sites for hydroxylation is 1. The molecule has 1 aromatic carbocycles. The Bertz CT molecular complexity index is 742. The van der Waals surface area contributed by atoms with E-state index in [4.69, 9.17) is 11.6 Å². The van der Waals surface area contributed by atoms with E-state index in [2.05, 4.69) is 15.3 Å². The number of carbonyl (C=O) groups excluding carboxylic acids is 1. The molecule has 0 aliphatic carbocycles. The maximum absolute atomic E-state index is 12.8. The van der Waals surface area contributed by atoms with Gasteiger partial charge in [-0.15, -0.1) is 0 Å². The number of hydrogen-bond donors (Lipinski definition) is 1. The van der Waals surface area contributed by atoms with E-state index in [9.17, 15) is 4.79 Å². The lowest BCUT2D eigenvalue weighted by Crippen LogP contribution is -2.32. The molecule has 1 amide bonds. The number of nitrogens with zero attached hydrogens (tertiary/aromatic N) is 3. The van der Waals surface area contributed by atoms with E-state index in [1.807, 2.05) is 29.2 Å². The summed E-state index contributed by atoms with van der Waals surface area (Å²) in [4.78, 5) is 23.4. The van der Waals surface area contributed by atoms with Gasteiger partial charge in [0.25, 0.3) is 5.91 Å². The Balaban J connectivity index is 1.73. The molecule has 1 saturated heterocycles. The average molecular weight is 359 g/mol. The lowest BCUT2D eigenvalue weighted by atomic mass is 10.2. The number of hydrogen-bond acceptors (Lipinski definition) is 4. The largest absolute Gasteiger partial charge is 0.366 e. The van der Waals surface area contributed by atoms with Crippen LogP contribution in [-0.2, 0) is 6.54 Å². The third kappa shape index (κ3) is 4.69. The number of amides is 1. The topological polar surface area (TPSA) is 58.1 Å². The Morgan fingerprint density at radius 2 is 1.88 bits per heavy atom. The van der Waals surface area contributed by atoms with Crippen LogP contribution in [0.15, 0.2) is 30.3 Å². The number of rotatable bonds is 4. The summed E-state index contributed by atoms with van der Waals surface area (Å²) in [5.74, 6) is 1.22. The Morgan fingerprint density at radius 3 is 2.60 bits per heavy atom. The van der Waals surface area contributed by atoms with Crippen LogP contribution in [0.1, 0.15) is 47.6 Å². The fourth-order valence-electron chi connectivity index (χ4n) is 3.03. The molecule has 0 spiro atoms. The lowest BCUT2D eigenvalue weighted by Gasteiger charge is -2.20. The molecular formula is C19H23ClN4O. The van der Waals surface area contributed by atoms with Gasteiger partial charge in [0, 0.05) is 30.7 Å². The summed E-state index contributed by atoms with van der Waals surface area (Å²) in [6.45, 7) is 3.97. The number of carbonyl (C=O) groups is 1. The number of likely N-dealkylation sites (tertiary alicyclic amines) is 1. The van der Waals surface area contributed by atoms with Gasteiger partial charge in [0.1, 0.15) is 17.3 Å². The molecule has 132 valence electrons. The first-order chi connectivity index (χ1) is 12.1. The summed E-state index contributed by atoms with van der Waals surface area (Å²) in [7, 11) is 0. The maximum Gasteiger partial charge on any atom is 0.272 e. The van der Waals surface area contributed by atoms with Crippen LogP contribution in [0.3, 0.4) is 0 Å². The minimum absolute atomic E-state index is 0.00630. The van der Waals surface area contributed by atoms with E-state index in [0.717, 1.165) is 31.5 Å². The summed E-state index contributed by atoms with van der Waals surface area (Å²) in [6, 6.07) is 9.41. The van der Waals surface area contributed by atoms with Gasteiger partial charge in [0.05, 0.1) is 0 Å². The van der Waals surface area contributed by atoms with E-state index in [-0.39, 0.29) is 5.91 Å². The van der Waals surface area contributed by atoms with Crippen LogP contribution < -0.4 is 5.32 Å². The average Bonchev–Trinajstić information content (AvgIpc) is 2.89. The highest BCUT2D eigenvalue weighted by Gasteiger charge is 2.19. The number of benzene rings is 1. The number of nitrogens with one attached hydrogen (secondary N) is 1. The van der Waals surface area contributed by atoms with E-state index in [0.29, 0.717) is 28.9 Å². The Kier molecular flexibility index (Phi) is 5.87. The standard InChI is InChI=1S/C19H23ClN4O/c1-14-22-17(19(25)24-10-6-2-3-7-11-24)12-18(23-14)21-13-15-8-4-5-9-16(15)20/h4-5,8-9,12H,2-3,6-7,10-11,13H2,1H3,(H,21,22,23). The molecule has 0 bridgehead atoms. The van der Waals surface area contributed by atoms with Gasteiger partial charge in [-0.05, 0) is 31.4 Å². The Hall–Kier alpha value is -2.14. The van der Waals surface area contributed by atoms with Crippen molar-refractivity contribution in [1.82, 2.24) is 14.9 Å². The summed E-state index contributed by atoms with van der Waals surface area (Å²) < 4.78 is 0. The van der Waals surface area contributed by atoms with Gasteiger partial charge in [-0.2, -0.15) is 0 Å². The fraction of sp³-hybridized carbons (Fsp3) is 0.421. The first kappa shape index (κ1) is 17.7. The zero-order valence-corrected chi connectivity index (χ0v) is 15.2. The molecule has 1 fully saturated rings. The number of anilines is 1. The van der Waals surface area contributed by atoms with Crippen LogP contribution in [0.25, 0.3) is 0 Å². The van der Waals surface area contributed by atoms with Crippen molar-refractivity contribution in [2.45, 2.75) is 39.2 Å². The quantitative estimate of drug-likeness (QED) is 0.895. The van der Waals surface area contributed by atoms with Gasteiger partial charge < -0.3 is 10.2 Å². The van der Waals surface area contributed by atoms with Crippen LogP contribution in [-0.4, -0.2) is 33.9 Å². The molecule has 2 aromatic rings. The van der Waals surface area contributed by atoms with Crippen molar-refractivity contribution in [2.24, 2.45) is 0 Å². The predicted molar refractivity (Wildman–Crippen MR) is 99.9 cm³/mol. The molecule has 0 radical (unpaired) electrons. The Morgan fingerprint density at radius 1 is 1.16 bits per heavy atom. The number of halogens is 1. The first-order valence-corrected chi connectivity index (χ1v) is 9.13. The van der Waals surface area contributed by atoms with Crippen LogP contribution in [0.2, 0.25) is 5.02 Å². The maximum atomic E-state index is 12.8. The molecule has 6 heteroatoms. The minimum Gasteiger partial charge on any atom is -0.366 e. The highest BCUT2D eigenvalue weighted by Crippen LogP contribution is 2.18. The SMILES string of the molecule is Cc1nc(NCc2ccccc2Cl)cc(C(=O)N2CCCCCC2)n1. The molecule has 25 heavy (non-hydrogen) atoms. The lowest BCUT2D eigenvalue weighted by molar-refractivity contribution is 0.0755. The van der Waals surface area contributed by atoms with Crippen molar-refractivity contribution in [3.63, 3.8) is 0 Å². The van der Waals surface area contributed by atoms with Crippen LogP contribution in [0.4, 0.5) is 5.82 Å². The molecule has 0 atom stereocenters. The molecule has 2 heterocycles. The zero-order chi connectivity index (χ0) is 17.6. The molecule has 3 rings (SSSR count). The predicted octanol–water partition coefficient (Wildman–Crippen LogP) is 4.07. The molecule has 0 saturated carbocycles. The molecular weight excluding hydrogens is 336 g/mol. The van der Waals surface area contributed by atoms with Gasteiger partial charge in [-0.1, -0.05) is 42.6 Å². The second-order valence-corrected chi connectivity index (χ2v) is 6.74. The molecule has 1 aliphatic heterocycles. The highest BCUT2D eigenvalue weighted by atomic mass is 35.5. The summed E-state index contributed by atoms with van der Waals surface area (Å²) in [6.07, 6.45) is 4.51. The van der Waals surface area contributed by atoms with Crippen LogP contribution >= 0.6 is 11.6 Å². The van der Waals surface area contributed by atoms with Gasteiger partial charge >= 0.3 is 0 Å². The highest BCUT2D eigenvalue weighted by molar-refractivity contribution is 6.31. The van der Waals surface area contributed by atoms with E-state index in [1.165, 1.54) is 12.8 Å². The second kappa shape index (κ2) is 8.30. The van der Waals surface area contributed by atoms with Gasteiger partial charge in [0.15, 0.2) is 0 Å². The molecule has 5 nitrogen and oxygen atoms in total. The third-order valence-corrected chi connectivity index (χ3v) is 4.74. The normalized spacial score (nSPS) is 14.9. The van der Waals surface area contributed by atoms with Crippen LogP contribution in [0, 0.1) is 6.92 Å². The molecule has 1 aromatic heterocycles. The monoisotopic (exact) mass is 358 g/mol. The van der Waals surface area contributed by atoms with Crippen molar-refractivity contribution in [2.75, 3.05) is 18.4 Å². The smallest absolute Gasteiger partial charge is 0.272 e. The molecule has 0 unspecified atom stereocenters. The number of aromatic nitrogens is 2. The first-order valence-electron chi connectivity index (χ1n) is 8.76. The molecule has 1 N–H and O–H groups in total. The summed E-state index contributed by atoms with van der Waals surface area (Å²) in [5, 5.41) is 3.96.